The third kappa shape index (κ3) is 19.0. The third-order valence-corrected chi connectivity index (χ3v) is 23.1. The molecule has 18 heteroatoms. The molecule has 12 heterocycles. The van der Waals surface area contributed by atoms with E-state index in [0.717, 1.165) is 170 Å². The second kappa shape index (κ2) is 37.5. The van der Waals surface area contributed by atoms with E-state index in [0.29, 0.717) is 11.6 Å². The Bertz CT molecular complexity index is 7110. The zero-order chi connectivity index (χ0) is 85.9. The molecule has 18 nitrogen and oxygen atoms in total. The first-order chi connectivity index (χ1) is 61.1. The molecule has 20 rings (SSSR count). The van der Waals surface area contributed by atoms with Crippen LogP contribution in [0.1, 0.15) is 114 Å². The van der Waals surface area contributed by atoms with Gasteiger partial charge in [-0.1, -0.05) is 174 Å². The van der Waals surface area contributed by atoms with Gasteiger partial charge in [-0.3, -0.25) is 53.1 Å². The van der Waals surface area contributed by atoms with Gasteiger partial charge in [0.2, 0.25) is 0 Å². The first kappa shape index (κ1) is 82.2. The molecule has 125 heavy (non-hydrogen) atoms. The second-order valence-corrected chi connectivity index (χ2v) is 32.4. The van der Waals surface area contributed by atoms with Gasteiger partial charge in [0.25, 0.3) is 0 Å². The number of nitrogens with zero attached hydrogens (tertiary/aromatic N) is 17. The molecule has 0 atom stereocenters. The Labute approximate surface area is 729 Å². The Morgan fingerprint density at radius 1 is 0.320 bits per heavy atom. The van der Waals surface area contributed by atoms with E-state index >= 15 is 0 Å². The monoisotopic (exact) mass is 1640 g/mol. The van der Waals surface area contributed by atoms with Gasteiger partial charge in [-0.2, -0.15) is 0 Å². The van der Waals surface area contributed by atoms with Crippen LogP contribution in [0.2, 0.25) is 0 Å². The molecule has 7 aromatic carbocycles. The summed E-state index contributed by atoms with van der Waals surface area (Å²) in [4.78, 5) is 59.7. The van der Waals surface area contributed by atoms with Crippen molar-refractivity contribution in [1.82, 2.24) is 77.4 Å². The van der Waals surface area contributed by atoms with Gasteiger partial charge in [0.15, 0.2) is 22.6 Å². The molecule has 0 radical (unpaired) electrons. The van der Waals surface area contributed by atoms with Crippen LogP contribution in [0.5, 0.6) is 5.75 Å². The Morgan fingerprint density at radius 3 is 1.06 bits per heavy atom. The topological polar surface area (TPSA) is 186 Å². The van der Waals surface area contributed by atoms with Crippen molar-refractivity contribution >= 4 is 28.1 Å². The van der Waals surface area contributed by atoms with Gasteiger partial charge in [0.1, 0.15) is 11.6 Å². The summed E-state index contributed by atoms with van der Waals surface area (Å²) in [6.45, 7) is 24.1. The number of ether oxygens (including phenoxy) is 1. The Balaban J connectivity index is 0.000000118. The number of rotatable bonds is 21. The molecule has 1 fully saturated rings. The van der Waals surface area contributed by atoms with Gasteiger partial charge >= 0.3 is 0 Å². The molecule has 0 amide bonds. The van der Waals surface area contributed by atoms with Gasteiger partial charge in [0, 0.05) is 126 Å². The fraction of sp³-hybridized carbons (Fsp3) is 0.187. The number of aromatic nitrogens is 16. The zero-order valence-corrected chi connectivity index (χ0v) is 71.9. The number of aryl methyl sites for hydroxylation is 16. The van der Waals surface area contributed by atoms with Crippen LogP contribution in [0.25, 0.3) is 106 Å². The minimum atomic E-state index is 0.632. The summed E-state index contributed by atoms with van der Waals surface area (Å²) in [5.41, 5.74) is 38.6. The summed E-state index contributed by atoms with van der Waals surface area (Å²) in [6.07, 6.45) is 40.4. The average molecular weight is 1640 g/mol. The first-order valence-electron chi connectivity index (χ1n) is 42.6. The van der Waals surface area contributed by atoms with Crippen molar-refractivity contribution in [2.24, 2.45) is 0 Å². The maximum absolute atomic E-state index is 7.14. The molecule has 0 saturated heterocycles. The molecule has 0 bridgehead atoms. The lowest BCUT2D eigenvalue weighted by Gasteiger charge is -2.09. The second-order valence-electron chi connectivity index (χ2n) is 32.4. The highest BCUT2D eigenvalue weighted by Gasteiger charge is 2.28. The molecule has 0 N–H and O–H groups in total. The number of imidazole rings is 4. The predicted octanol–water partition coefficient (Wildman–Crippen LogP) is 23.2. The highest BCUT2D eigenvalue weighted by molar-refractivity contribution is 5.71. The van der Waals surface area contributed by atoms with E-state index in [1.54, 1.807) is 7.11 Å². The smallest absolute Gasteiger partial charge is 0.187 e. The summed E-state index contributed by atoms with van der Waals surface area (Å²) < 4.78 is 13.8. The molecular formula is C107H97N17O. The lowest BCUT2D eigenvalue weighted by Crippen LogP contribution is -2.01. The number of hydrogen-bond donors (Lipinski definition) is 0. The average Bonchev–Trinajstić information content (AvgIpc) is 1.62. The van der Waals surface area contributed by atoms with Crippen LogP contribution >= 0.6 is 0 Å². The van der Waals surface area contributed by atoms with Crippen molar-refractivity contribution in [3.05, 3.63) is 406 Å². The predicted molar refractivity (Wildman–Crippen MR) is 499 cm³/mol. The molecule has 616 valence electrons. The Kier molecular flexibility index (Phi) is 24.7. The highest BCUT2D eigenvalue weighted by atomic mass is 16.5. The largest absolute Gasteiger partial charge is 0.497 e. The molecule has 1 aliphatic carbocycles. The highest BCUT2D eigenvalue weighted by Crippen LogP contribution is 2.41. The quantitative estimate of drug-likeness (QED) is 0.0619. The number of benzene rings is 7. The van der Waals surface area contributed by atoms with Crippen molar-refractivity contribution in [3.63, 3.8) is 0 Å². The normalized spacial score (nSPS) is 11.7. The van der Waals surface area contributed by atoms with Crippen LogP contribution in [0.15, 0.2) is 299 Å². The molecular weight excluding hydrogens is 1540 g/mol. The maximum atomic E-state index is 7.14. The number of fused-ring (bicyclic) bond motifs is 4. The minimum absolute atomic E-state index is 0.632. The van der Waals surface area contributed by atoms with Gasteiger partial charge in [-0.25, -0.2) is 24.8 Å². The fourth-order valence-electron chi connectivity index (χ4n) is 16.5. The van der Waals surface area contributed by atoms with Crippen molar-refractivity contribution in [1.29, 1.82) is 0 Å². The van der Waals surface area contributed by atoms with E-state index in [2.05, 4.69) is 251 Å². The summed E-state index contributed by atoms with van der Waals surface area (Å²) in [5.74, 6) is 2.47. The van der Waals surface area contributed by atoms with Crippen LogP contribution in [-0.2, 0) is 51.4 Å². The van der Waals surface area contributed by atoms with Crippen molar-refractivity contribution in [3.8, 4) is 84.7 Å². The van der Waals surface area contributed by atoms with Crippen LogP contribution in [0.4, 0.5) is 5.69 Å². The molecule has 0 unspecified atom stereocenters. The van der Waals surface area contributed by atoms with E-state index in [-0.39, 0.29) is 0 Å². The fourth-order valence-corrected chi connectivity index (χ4v) is 16.5. The molecule has 0 spiro atoms. The summed E-state index contributed by atoms with van der Waals surface area (Å²) in [6, 6.07) is 68.8. The lowest BCUT2D eigenvalue weighted by molar-refractivity contribution is 0.415. The van der Waals surface area contributed by atoms with Gasteiger partial charge < -0.3 is 9.14 Å². The number of methoxy groups -OCH3 is 1. The standard InChI is InChI=1S/C28H23N5.C28H26N4O.C27H24N4.C24H24N4/c1-19-5-4-6-23(15-19)27-20(2)16-21(17-31-27)7-12-25-28-32-18-26(33(28)14-13-30-25)22-8-10-24(29-3)11-9-22;1-19-5-4-6-23(15-19)27-20(2)16-21(17-30-27)7-12-25-28-31-18-26(32(28)14-13-29-25)22-8-10-24(33-3)11-9-22;1-19-7-6-10-23(15-19)26-20(2)16-21(17-29-26)11-12-24-25-18-30-27(31(25)14-13-28-24)22-8-4-3-5-9-22;1-16-4-3-5-20(12-16)23-17(2)13-18(14-26-23)6-9-21-24-27-15-22(19-7-8-19)28(24)11-10-25-21/h4-6,8-11,13-18H,7,12H2,1-2H3;4-6,8-11,13-18H,7,12H2,1-3H3;3-10,13-18H,11-12H2,1-2H3;3-5,10-15,19H,6-9H2,1-2H3. The summed E-state index contributed by atoms with van der Waals surface area (Å²) in [7, 11) is 1.67. The molecule has 19 aromatic rings. The third-order valence-electron chi connectivity index (χ3n) is 23.1. The van der Waals surface area contributed by atoms with Gasteiger partial charge in [0.05, 0.1) is 94.7 Å². The lowest BCUT2D eigenvalue weighted by atomic mass is 10.0. The maximum Gasteiger partial charge on any atom is 0.187 e. The SMILES string of the molecule is COc1ccc(-c2cnc3c(CCc4cnc(-c5cccc(C)c5)c(C)c4)nccn23)cc1.Cc1cccc(-c2ncc(CCc3nccn4c(-c5ccccc5)ncc34)cc2C)c1.Cc1cccc(-c2ncc(CCc3nccn4c(C5CC5)cnc34)cc2C)c1.[C-]#[N+]c1ccc(-c2cnc3c(CCc4cnc(-c5cccc(C)c5)c(C)c4)nccn23)cc1. The molecule has 12 aromatic heterocycles. The van der Waals surface area contributed by atoms with E-state index in [9.17, 15) is 0 Å². The Hall–Kier alpha value is -15.1. The summed E-state index contributed by atoms with van der Waals surface area (Å²) in [5, 5.41) is 0. The van der Waals surface area contributed by atoms with Crippen LogP contribution in [0, 0.1) is 62.0 Å². The van der Waals surface area contributed by atoms with Gasteiger partial charge in [-0.15, -0.1) is 0 Å². The van der Waals surface area contributed by atoms with Crippen molar-refractivity contribution in [2.45, 2.75) is 126 Å². The number of hydrogen-bond acceptors (Lipinski definition) is 13. The molecule has 1 saturated carbocycles. The molecule has 0 aliphatic heterocycles. The van der Waals surface area contributed by atoms with Crippen LogP contribution < -0.4 is 4.74 Å². The zero-order valence-electron chi connectivity index (χ0n) is 71.9. The Morgan fingerprint density at radius 2 is 0.680 bits per heavy atom. The van der Waals surface area contributed by atoms with Crippen molar-refractivity contribution in [2.75, 3.05) is 7.11 Å². The van der Waals surface area contributed by atoms with E-state index in [4.69, 9.17) is 31.2 Å². The van der Waals surface area contributed by atoms with Gasteiger partial charge in [-0.05, 0) is 218 Å². The van der Waals surface area contributed by atoms with Crippen molar-refractivity contribution < 1.29 is 4.74 Å². The first-order valence-corrected chi connectivity index (χ1v) is 42.6. The van der Waals surface area contributed by atoms with E-state index < -0.39 is 0 Å². The van der Waals surface area contributed by atoms with Crippen LogP contribution in [0.3, 0.4) is 0 Å². The minimum Gasteiger partial charge on any atom is -0.497 e. The van der Waals surface area contributed by atoms with E-state index in [1.165, 1.54) is 96.4 Å². The number of pyridine rings is 4. The van der Waals surface area contributed by atoms with Crippen LogP contribution in [-0.4, -0.2) is 84.5 Å². The van der Waals surface area contributed by atoms with E-state index in [1.807, 2.05) is 166 Å². The summed E-state index contributed by atoms with van der Waals surface area (Å²) >= 11 is 0. The molecule has 1 aliphatic rings.